The summed E-state index contributed by atoms with van der Waals surface area (Å²) in [7, 11) is 0. The molecule has 1 rings (SSSR count). The third-order valence-electron chi connectivity index (χ3n) is 10.2. The zero-order chi connectivity index (χ0) is 32.3. The quantitative estimate of drug-likeness (QED) is 0.0515. The third-order valence-corrected chi connectivity index (χ3v) is 10.2. The van der Waals surface area contributed by atoms with Crippen molar-refractivity contribution in [3.63, 3.8) is 0 Å². The summed E-state index contributed by atoms with van der Waals surface area (Å²) >= 11 is 0. The van der Waals surface area contributed by atoms with Crippen molar-refractivity contribution in [3.8, 4) is 0 Å². The van der Waals surface area contributed by atoms with Crippen molar-refractivity contribution < 1.29 is 4.57 Å². The van der Waals surface area contributed by atoms with E-state index in [-0.39, 0.29) is 0 Å². The zero-order valence-corrected chi connectivity index (χ0v) is 31.6. The van der Waals surface area contributed by atoms with E-state index in [4.69, 9.17) is 0 Å². The second-order valence-electron chi connectivity index (χ2n) is 14.9. The molecular weight excluding hydrogens is 542 g/mol. The Bertz CT molecular complexity index is 659. The van der Waals surface area contributed by atoms with Crippen LogP contribution in [0.3, 0.4) is 0 Å². The van der Waals surface area contributed by atoms with E-state index >= 15 is 0 Å². The average Bonchev–Trinajstić information content (AvgIpc) is 3.05. The highest BCUT2D eigenvalue weighted by Crippen LogP contribution is 2.17. The Hall–Kier alpha value is -0.850. The molecule has 0 fully saturated rings. The van der Waals surface area contributed by atoms with Crippen LogP contribution in [0.15, 0.2) is 18.5 Å². The van der Waals surface area contributed by atoms with E-state index in [1.807, 2.05) is 0 Å². The second kappa shape index (κ2) is 34.5. The first-order valence-electron chi connectivity index (χ1n) is 21.3. The number of hydrogen-bond donors (Lipinski definition) is 0. The maximum atomic E-state index is 2.57. The van der Waals surface area contributed by atoms with Crippen molar-refractivity contribution in [2.24, 2.45) is 0 Å². The fourth-order valence-electron chi connectivity index (χ4n) is 7.12. The first kappa shape index (κ1) is 42.2. The van der Waals surface area contributed by atoms with Crippen LogP contribution in [-0.4, -0.2) is 0 Å². The Labute approximate surface area is 285 Å². The number of aryl methyl sites for hydroxylation is 3. The Morgan fingerprint density at radius 1 is 0.311 bits per heavy atom. The molecule has 0 spiro atoms. The third kappa shape index (κ3) is 29.1. The standard InChI is InChI=1S/C44H84N/c1-4-7-10-13-15-17-19-21-23-25-27-29-31-34-37-43-40-44(42-45(41-43)39-36-33-12-9-6-3)38-35-32-30-28-26-24-22-20-18-16-14-11-8-5-2/h40-42H,4-39H2,1-3H3/q+1. The molecule has 0 saturated heterocycles. The predicted molar refractivity (Wildman–Crippen MR) is 203 cm³/mol. The fraction of sp³-hybridized carbons (Fsp3) is 0.886. The summed E-state index contributed by atoms with van der Waals surface area (Å²) in [5.41, 5.74) is 3.20. The fourth-order valence-corrected chi connectivity index (χ4v) is 7.12. The summed E-state index contributed by atoms with van der Waals surface area (Å²) < 4.78 is 2.56. The van der Waals surface area contributed by atoms with Crippen LogP contribution in [0.1, 0.15) is 244 Å². The molecule has 0 aliphatic carbocycles. The van der Waals surface area contributed by atoms with E-state index in [9.17, 15) is 0 Å². The predicted octanol–water partition coefficient (Wildman–Crippen LogP) is 15.0. The molecule has 1 heterocycles. The molecule has 0 amide bonds. The van der Waals surface area contributed by atoms with Gasteiger partial charge in [-0.1, -0.05) is 207 Å². The molecule has 45 heavy (non-hydrogen) atoms. The summed E-state index contributed by atoms with van der Waals surface area (Å²) in [6.07, 6.45) is 54.8. The first-order chi connectivity index (χ1) is 22.3. The van der Waals surface area contributed by atoms with Crippen LogP contribution in [-0.2, 0) is 19.4 Å². The van der Waals surface area contributed by atoms with Gasteiger partial charge in [0.15, 0.2) is 12.4 Å². The van der Waals surface area contributed by atoms with E-state index in [0.717, 1.165) is 0 Å². The van der Waals surface area contributed by atoms with Crippen LogP contribution in [0.2, 0.25) is 0 Å². The van der Waals surface area contributed by atoms with Gasteiger partial charge in [0.25, 0.3) is 0 Å². The van der Waals surface area contributed by atoms with E-state index in [1.54, 1.807) is 11.1 Å². The number of pyridine rings is 1. The molecule has 264 valence electrons. The van der Waals surface area contributed by atoms with Gasteiger partial charge in [0.1, 0.15) is 6.54 Å². The molecule has 0 radical (unpaired) electrons. The summed E-state index contributed by atoms with van der Waals surface area (Å²) in [5.74, 6) is 0. The highest BCUT2D eigenvalue weighted by atomic mass is 14.9. The lowest BCUT2D eigenvalue weighted by atomic mass is 10.0. The second-order valence-corrected chi connectivity index (χ2v) is 14.9. The smallest absolute Gasteiger partial charge is 0.171 e. The van der Waals surface area contributed by atoms with Crippen LogP contribution >= 0.6 is 0 Å². The molecule has 0 aliphatic rings. The van der Waals surface area contributed by atoms with Crippen LogP contribution in [0.4, 0.5) is 0 Å². The minimum Gasteiger partial charge on any atom is -0.205 e. The molecule has 0 N–H and O–H groups in total. The molecule has 0 saturated carbocycles. The molecule has 1 heteroatoms. The number of aromatic nitrogens is 1. The normalized spacial score (nSPS) is 11.5. The minimum atomic E-state index is 1.21. The highest BCUT2D eigenvalue weighted by molar-refractivity contribution is 5.15. The van der Waals surface area contributed by atoms with Crippen molar-refractivity contribution >= 4 is 0 Å². The number of nitrogens with zero attached hydrogens (tertiary/aromatic N) is 1. The highest BCUT2D eigenvalue weighted by Gasteiger charge is 2.09. The summed E-state index contributed by atoms with van der Waals surface area (Å²) in [4.78, 5) is 0. The summed E-state index contributed by atoms with van der Waals surface area (Å²) in [5, 5.41) is 0. The molecule has 1 aromatic heterocycles. The van der Waals surface area contributed by atoms with Gasteiger partial charge < -0.3 is 0 Å². The van der Waals surface area contributed by atoms with Gasteiger partial charge >= 0.3 is 0 Å². The molecule has 0 unspecified atom stereocenters. The van der Waals surface area contributed by atoms with Crippen molar-refractivity contribution in [1.29, 1.82) is 0 Å². The molecule has 0 atom stereocenters. The SMILES string of the molecule is CCCCCCCCCCCCCCCCc1cc(CCCCCCCCCCCCCCCC)c[n+](CCCCCCC)c1. The van der Waals surface area contributed by atoms with E-state index in [2.05, 4.69) is 43.8 Å². The maximum Gasteiger partial charge on any atom is 0.171 e. The largest absolute Gasteiger partial charge is 0.205 e. The van der Waals surface area contributed by atoms with Crippen LogP contribution in [0.5, 0.6) is 0 Å². The van der Waals surface area contributed by atoms with Gasteiger partial charge in [-0.05, 0) is 38.2 Å². The van der Waals surface area contributed by atoms with Gasteiger partial charge in [0.05, 0.1) is 0 Å². The maximum absolute atomic E-state index is 2.57. The Morgan fingerprint density at radius 3 is 0.844 bits per heavy atom. The van der Waals surface area contributed by atoms with Gasteiger partial charge in [-0.2, -0.15) is 0 Å². The Kier molecular flexibility index (Phi) is 32.3. The van der Waals surface area contributed by atoms with Crippen molar-refractivity contribution in [3.05, 3.63) is 29.6 Å². The lowest BCUT2D eigenvalue weighted by Gasteiger charge is -2.07. The van der Waals surface area contributed by atoms with Gasteiger partial charge in [-0.25, -0.2) is 4.57 Å². The monoisotopic (exact) mass is 627 g/mol. The van der Waals surface area contributed by atoms with E-state index in [0.29, 0.717) is 0 Å². The van der Waals surface area contributed by atoms with Crippen molar-refractivity contribution in [2.75, 3.05) is 0 Å². The van der Waals surface area contributed by atoms with Crippen molar-refractivity contribution in [1.82, 2.24) is 0 Å². The van der Waals surface area contributed by atoms with Gasteiger partial charge in [-0.15, -0.1) is 0 Å². The first-order valence-corrected chi connectivity index (χ1v) is 21.3. The van der Waals surface area contributed by atoms with Gasteiger partial charge in [0.2, 0.25) is 0 Å². The lowest BCUT2D eigenvalue weighted by molar-refractivity contribution is -0.698. The Morgan fingerprint density at radius 2 is 0.556 bits per heavy atom. The van der Waals surface area contributed by atoms with E-state index < -0.39 is 0 Å². The molecular formula is C44H84N+. The zero-order valence-electron chi connectivity index (χ0n) is 31.6. The minimum absolute atomic E-state index is 1.21. The van der Waals surface area contributed by atoms with Crippen LogP contribution in [0.25, 0.3) is 0 Å². The molecule has 1 nitrogen and oxygen atoms in total. The number of hydrogen-bond acceptors (Lipinski definition) is 0. The summed E-state index contributed by atoms with van der Waals surface area (Å²) in [6.45, 7) is 8.15. The topological polar surface area (TPSA) is 3.88 Å². The average molecular weight is 627 g/mol. The van der Waals surface area contributed by atoms with Crippen LogP contribution in [0, 0.1) is 0 Å². The van der Waals surface area contributed by atoms with Crippen molar-refractivity contribution in [2.45, 2.75) is 252 Å². The van der Waals surface area contributed by atoms with Crippen LogP contribution < -0.4 is 4.57 Å². The van der Waals surface area contributed by atoms with Gasteiger partial charge in [0, 0.05) is 17.5 Å². The molecule has 1 aromatic rings. The molecule has 0 bridgehead atoms. The Balaban J connectivity index is 2.21. The lowest BCUT2D eigenvalue weighted by Crippen LogP contribution is -2.34. The van der Waals surface area contributed by atoms with Gasteiger partial charge in [-0.3, -0.25) is 0 Å². The number of rotatable bonds is 36. The molecule has 0 aromatic carbocycles. The summed E-state index contributed by atoms with van der Waals surface area (Å²) in [6, 6.07) is 2.57. The van der Waals surface area contributed by atoms with E-state index in [1.165, 1.54) is 231 Å². The molecule has 0 aliphatic heterocycles. The number of unbranched alkanes of at least 4 members (excludes halogenated alkanes) is 30.